The van der Waals surface area contributed by atoms with Crippen LogP contribution in [-0.4, -0.2) is 48.3 Å². The fourth-order valence-electron chi connectivity index (χ4n) is 2.80. The standard InChI is InChI=1S/C14H27NO3/c1-4-6-11(3)8-15(7-5-2)13-10-18-9-12(13)14(16)17/h11-13H,4-10H2,1-3H3,(H,16,17). The number of hydrogen-bond acceptors (Lipinski definition) is 3. The van der Waals surface area contributed by atoms with E-state index in [-0.39, 0.29) is 12.0 Å². The van der Waals surface area contributed by atoms with Crippen LogP contribution in [0.4, 0.5) is 0 Å². The molecule has 1 aliphatic rings. The van der Waals surface area contributed by atoms with Crippen molar-refractivity contribution in [3.63, 3.8) is 0 Å². The molecule has 1 heterocycles. The molecule has 4 nitrogen and oxygen atoms in total. The first kappa shape index (κ1) is 15.4. The second-order valence-corrected chi connectivity index (χ2v) is 5.44. The lowest BCUT2D eigenvalue weighted by Crippen LogP contribution is -2.45. The molecule has 0 aromatic heterocycles. The summed E-state index contributed by atoms with van der Waals surface area (Å²) in [6, 6.07) is 0.0572. The van der Waals surface area contributed by atoms with Crippen molar-refractivity contribution in [2.75, 3.05) is 26.3 Å². The molecular weight excluding hydrogens is 230 g/mol. The Morgan fingerprint density at radius 3 is 2.67 bits per heavy atom. The van der Waals surface area contributed by atoms with Crippen LogP contribution >= 0.6 is 0 Å². The average molecular weight is 257 g/mol. The Morgan fingerprint density at radius 1 is 1.39 bits per heavy atom. The van der Waals surface area contributed by atoms with Crippen molar-refractivity contribution in [2.45, 2.75) is 46.1 Å². The van der Waals surface area contributed by atoms with Crippen LogP contribution in [0.3, 0.4) is 0 Å². The number of hydrogen-bond donors (Lipinski definition) is 1. The zero-order valence-electron chi connectivity index (χ0n) is 11.9. The number of aliphatic carboxylic acids is 1. The van der Waals surface area contributed by atoms with Crippen molar-refractivity contribution in [3.8, 4) is 0 Å². The third-order valence-electron chi connectivity index (χ3n) is 3.68. The molecular formula is C14H27NO3. The molecule has 4 heteroatoms. The molecule has 0 radical (unpaired) electrons. The number of ether oxygens (including phenoxy) is 1. The summed E-state index contributed by atoms with van der Waals surface area (Å²) >= 11 is 0. The van der Waals surface area contributed by atoms with E-state index in [1.807, 2.05) is 0 Å². The van der Waals surface area contributed by atoms with Gasteiger partial charge in [-0.15, -0.1) is 0 Å². The minimum absolute atomic E-state index is 0.0572. The maximum absolute atomic E-state index is 11.2. The quantitative estimate of drug-likeness (QED) is 0.724. The molecule has 3 atom stereocenters. The predicted molar refractivity (Wildman–Crippen MR) is 71.7 cm³/mol. The van der Waals surface area contributed by atoms with E-state index in [1.165, 1.54) is 12.8 Å². The van der Waals surface area contributed by atoms with Crippen LogP contribution in [0.15, 0.2) is 0 Å². The van der Waals surface area contributed by atoms with Crippen LogP contribution < -0.4 is 0 Å². The van der Waals surface area contributed by atoms with Crippen molar-refractivity contribution in [1.82, 2.24) is 4.90 Å². The zero-order chi connectivity index (χ0) is 13.5. The van der Waals surface area contributed by atoms with Gasteiger partial charge in [0.25, 0.3) is 0 Å². The molecule has 0 spiro atoms. The third-order valence-corrected chi connectivity index (χ3v) is 3.68. The van der Waals surface area contributed by atoms with Crippen molar-refractivity contribution < 1.29 is 14.6 Å². The molecule has 1 fully saturated rings. The fraction of sp³-hybridized carbons (Fsp3) is 0.929. The highest BCUT2D eigenvalue weighted by Gasteiger charge is 2.37. The lowest BCUT2D eigenvalue weighted by molar-refractivity contribution is -0.143. The molecule has 106 valence electrons. The van der Waals surface area contributed by atoms with Crippen molar-refractivity contribution in [2.24, 2.45) is 11.8 Å². The van der Waals surface area contributed by atoms with Gasteiger partial charge in [0.2, 0.25) is 0 Å². The zero-order valence-corrected chi connectivity index (χ0v) is 11.9. The van der Waals surface area contributed by atoms with Crippen molar-refractivity contribution in [1.29, 1.82) is 0 Å². The first-order valence-electron chi connectivity index (χ1n) is 7.14. The summed E-state index contributed by atoms with van der Waals surface area (Å²) < 4.78 is 5.38. The first-order chi connectivity index (χ1) is 8.60. The molecule has 1 N–H and O–H groups in total. The molecule has 0 amide bonds. The van der Waals surface area contributed by atoms with Gasteiger partial charge in [-0.25, -0.2) is 0 Å². The van der Waals surface area contributed by atoms with Crippen molar-refractivity contribution in [3.05, 3.63) is 0 Å². The summed E-state index contributed by atoms with van der Waals surface area (Å²) in [4.78, 5) is 13.6. The molecule has 1 rings (SSSR count). The third kappa shape index (κ3) is 4.25. The highest BCUT2D eigenvalue weighted by Crippen LogP contribution is 2.22. The van der Waals surface area contributed by atoms with Gasteiger partial charge in [0.05, 0.1) is 19.1 Å². The van der Waals surface area contributed by atoms with Gasteiger partial charge in [-0.3, -0.25) is 9.69 Å². The van der Waals surface area contributed by atoms with Gasteiger partial charge in [-0.2, -0.15) is 0 Å². The lowest BCUT2D eigenvalue weighted by atomic mass is 9.99. The van der Waals surface area contributed by atoms with Gasteiger partial charge in [0, 0.05) is 12.6 Å². The molecule has 1 saturated heterocycles. The minimum atomic E-state index is -0.721. The molecule has 3 unspecified atom stereocenters. The molecule has 0 aromatic rings. The predicted octanol–water partition coefficient (Wildman–Crippen LogP) is 2.23. The second-order valence-electron chi connectivity index (χ2n) is 5.44. The molecule has 0 aromatic carbocycles. The van der Waals surface area contributed by atoms with E-state index in [1.54, 1.807) is 0 Å². The largest absolute Gasteiger partial charge is 0.481 e. The minimum Gasteiger partial charge on any atom is -0.481 e. The number of rotatable bonds is 8. The smallest absolute Gasteiger partial charge is 0.310 e. The Balaban J connectivity index is 2.62. The van der Waals surface area contributed by atoms with Gasteiger partial charge in [0.1, 0.15) is 0 Å². The van der Waals surface area contributed by atoms with Gasteiger partial charge < -0.3 is 9.84 Å². The highest BCUT2D eigenvalue weighted by atomic mass is 16.5. The average Bonchev–Trinajstić information content (AvgIpc) is 2.77. The summed E-state index contributed by atoms with van der Waals surface area (Å²) in [5, 5.41) is 9.23. The Kier molecular flexibility index (Phi) is 6.65. The van der Waals surface area contributed by atoms with E-state index < -0.39 is 5.97 Å². The van der Waals surface area contributed by atoms with E-state index >= 15 is 0 Å². The molecule has 0 saturated carbocycles. The number of nitrogens with zero attached hydrogens (tertiary/aromatic N) is 1. The summed E-state index contributed by atoms with van der Waals surface area (Å²) in [6.45, 7) is 9.46. The SMILES string of the molecule is CCCC(C)CN(CCC)C1COCC1C(=O)O. The van der Waals surface area contributed by atoms with Crippen LogP contribution in [0, 0.1) is 11.8 Å². The second kappa shape index (κ2) is 7.74. The van der Waals surface area contributed by atoms with E-state index in [4.69, 9.17) is 4.74 Å². The summed E-state index contributed by atoms with van der Waals surface area (Å²) in [5.74, 6) is -0.455. The highest BCUT2D eigenvalue weighted by molar-refractivity contribution is 5.71. The normalized spacial score (nSPS) is 25.6. The van der Waals surface area contributed by atoms with Crippen molar-refractivity contribution >= 4 is 5.97 Å². The van der Waals surface area contributed by atoms with E-state index in [0.29, 0.717) is 19.1 Å². The summed E-state index contributed by atoms with van der Waals surface area (Å²) in [7, 11) is 0. The van der Waals surface area contributed by atoms with Crippen LogP contribution in [0.1, 0.15) is 40.0 Å². The molecule has 0 bridgehead atoms. The molecule has 1 aliphatic heterocycles. The Labute approximate surface area is 110 Å². The van der Waals surface area contributed by atoms with Gasteiger partial charge in [-0.1, -0.05) is 27.2 Å². The Bertz CT molecular complexity index is 257. The maximum Gasteiger partial charge on any atom is 0.310 e. The van der Waals surface area contributed by atoms with Gasteiger partial charge in [0.15, 0.2) is 0 Å². The number of carbonyl (C=O) groups is 1. The van der Waals surface area contributed by atoms with E-state index in [9.17, 15) is 9.90 Å². The van der Waals surface area contributed by atoms with Gasteiger partial charge in [-0.05, 0) is 25.3 Å². The van der Waals surface area contributed by atoms with Crippen LogP contribution in [-0.2, 0) is 9.53 Å². The summed E-state index contributed by atoms with van der Waals surface area (Å²) in [5.41, 5.74) is 0. The Hall–Kier alpha value is -0.610. The van der Waals surface area contributed by atoms with E-state index in [0.717, 1.165) is 19.5 Å². The maximum atomic E-state index is 11.2. The fourth-order valence-corrected chi connectivity index (χ4v) is 2.80. The number of carboxylic acid groups (broad SMARTS) is 1. The monoisotopic (exact) mass is 257 g/mol. The first-order valence-corrected chi connectivity index (χ1v) is 7.14. The lowest BCUT2D eigenvalue weighted by Gasteiger charge is -2.32. The number of carboxylic acids is 1. The summed E-state index contributed by atoms with van der Waals surface area (Å²) in [6.07, 6.45) is 3.44. The molecule has 0 aliphatic carbocycles. The van der Waals surface area contributed by atoms with Crippen LogP contribution in [0.5, 0.6) is 0 Å². The van der Waals surface area contributed by atoms with E-state index in [2.05, 4.69) is 25.7 Å². The van der Waals surface area contributed by atoms with Crippen LogP contribution in [0.25, 0.3) is 0 Å². The van der Waals surface area contributed by atoms with Gasteiger partial charge >= 0.3 is 5.97 Å². The topological polar surface area (TPSA) is 49.8 Å². The Morgan fingerprint density at radius 2 is 2.11 bits per heavy atom. The van der Waals surface area contributed by atoms with Crippen LogP contribution in [0.2, 0.25) is 0 Å². The molecule has 18 heavy (non-hydrogen) atoms.